The summed E-state index contributed by atoms with van der Waals surface area (Å²) in [5.74, 6) is -0.759. The Labute approximate surface area is 83.4 Å². The minimum Gasteiger partial charge on any atom is -0.485 e. The zero-order chi connectivity index (χ0) is 10.7. The van der Waals surface area contributed by atoms with Crippen LogP contribution in [-0.2, 0) is 0 Å². The van der Waals surface area contributed by atoms with E-state index in [1.165, 1.54) is 0 Å². The quantitative estimate of drug-likeness (QED) is 0.803. The molecule has 0 atom stereocenters. The van der Waals surface area contributed by atoms with E-state index in [-0.39, 0.29) is 16.5 Å². The van der Waals surface area contributed by atoms with E-state index in [1.807, 2.05) is 0 Å². The minimum atomic E-state index is -2.61. The van der Waals surface area contributed by atoms with Crippen LogP contribution in [0.4, 0.5) is 18.9 Å². The lowest BCUT2D eigenvalue weighted by Crippen LogP contribution is -2.08. The summed E-state index contributed by atoms with van der Waals surface area (Å²) in [6.07, 6.45) is -2.61. The van der Waals surface area contributed by atoms with E-state index in [1.54, 1.807) is 0 Å². The van der Waals surface area contributed by atoms with Crippen LogP contribution in [0.3, 0.4) is 0 Å². The number of nitrogen functional groups attached to an aromatic ring is 1. The van der Waals surface area contributed by atoms with Crippen LogP contribution in [-0.4, -0.2) is 13.0 Å². The van der Waals surface area contributed by atoms with Crippen molar-refractivity contribution in [1.29, 1.82) is 0 Å². The number of anilines is 1. The largest absolute Gasteiger partial charge is 0.485 e. The summed E-state index contributed by atoms with van der Waals surface area (Å²) in [5, 5.41) is -0.219. The predicted molar refractivity (Wildman–Crippen MR) is 47.3 cm³/mol. The van der Waals surface area contributed by atoms with Crippen molar-refractivity contribution in [3.63, 3.8) is 0 Å². The lowest BCUT2D eigenvalue weighted by molar-refractivity contribution is 0.0822. The van der Waals surface area contributed by atoms with Gasteiger partial charge in [0.1, 0.15) is 18.2 Å². The highest BCUT2D eigenvalue weighted by Gasteiger charge is 2.09. The van der Waals surface area contributed by atoms with Gasteiger partial charge >= 0.3 is 0 Å². The van der Waals surface area contributed by atoms with Gasteiger partial charge in [-0.2, -0.15) is 0 Å². The molecule has 14 heavy (non-hydrogen) atoms. The van der Waals surface area contributed by atoms with Crippen molar-refractivity contribution in [1.82, 2.24) is 0 Å². The number of benzene rings is 1. The van der Waals surface area contributed by atoms with Crippen molar-refractivity contribution in [2.24, 2.45) is 0 Å². The van der Waals surface area contributed by atoms with E-state index >= 15 is 0 Å². The molecule has 0 radical (unpaired) electrons. The van der Waals surface area contributed by atoms with E-state index in [0.29, 0.717) is 0 Å². The van der Waals surface area contributed by atoms with Crippen LogP contribution in [0.1, 0.15) is 0 Å². The molecule has 1 aromatic rings. The SMILES string of the molecule is Nc1cc(F)c(Cl)cc1OCC(F)F. The Morgan fingerprint density at radius 2 is 2.07 bits per heavy atom. The van der Waals surface area contributed by atoms with Crippen molar-refractivity contribution in [3.05, 3.63) is 23.0 Å². The van der Waals surface area contributed by atoms with Gasteiger partial charge in [-0.05, 0) is 0 Å². The second-order valence-electron chi connectivity index (χ2n) is 2.51. The summed E-state index contributed by atoms with van der Waals surface area (Å²) in [6.45, 7) is -0.799. The Morgan fingerprint density at radius 3 is 2.64 bits per heavy atom. The van der Waals surface area contributed by atoms with Crippen LogP contribution >= 0.6 is 11.6 Å². The lowest BCUT2D eigenvalue weighted by Gasteiger charge is -2.08. The lowest BCUT2D eigenvalue weighted by atomic mass is 10.3. The van der Waals surface area contributed by atoms with Crippen molar-refractivity contribution < 1.29 is 17.9 Å². The second kappa shape index (κ2) is 4.41. The molecule has 1 rings (SSSR count). The molecule has 2 N–H and O–H groups in total. The molecule has 0 aliphatic rings. The number of hydrogen-bond donors (Lipinski definition) is 1. The standard InChI is InChI=1S/C8H7ClF3NO/c9-4-1-7(14-3-8(11)12)6(13)2-5(4)10/h1-2,8H,3,13H2. The third-order valence-electron chi connectivity index (χ3n) is 1.42. The molecular weight excluding hydrogens is 219 g/mol. The Balaban J connectivity index is 2.82. The van der Waals surface area contributed by atoms with E-state index in [9.17, 15) is 13.2 Å². The Hall–Kier alpha value is -1.10. The van der Waals surface area contributed by atoms with Gasteiger partial charge in [0, 0.05) is 12.1 Å². The van der Waals surface area contributed by atoms with Crippen LogP contribution < -0.4 is 10.5 Å². The van der Waals surface area contributed by atoms with Crippen molar-refractivity contribution in [3.8, 4) is 5.75 Å². The van der Waals surface area contributed by atoms with Gasteiger partial charge in [0.15, 0.2) is 0 Å². The molecule has 1 aromatic carbocycles. The number of alkyl halides is 2. The highest BCUT2D eigenvalue weighted by molar-refractivity contribution is 6.31. The fourth-order valence-corrected chi connectivity index (χ4v) is 0.975. The van der Waals surface area contributed by atoms with Gasteiger partial charge in [-0.3, -0.25) is 0 Å². The molecule has 0 aromatic heterocycles. The first kappa shape index (κ1) is 11.0. The maximum Gasteiger partial charge on any atom is 0.272 e. The molecule has 2 nitrogen and oxygen atoms in total. The average molecular weight is 226 g/mol. The third kappa shape index (κ3) is 2.70. The molecule has 0 unspecified atom stereocenters. The minimum absolute atomic E-state index is 0.0447. The van der Waals surface area contributed by atoms with E-state index in [0.717, 1.165) is 12.1 Å². The Bertz CT molecular complexity index is 333. The maximum absolute atomic E-state index is 12.7. The highest BCUT2D eigenvalue weighted by atomic mass is 35.5. The van der Waals surface area contributed by atoms with E-state index < -0.39 is 18.8 Å². The number of rotatable bonds is 3. The Kier molecular flexibility index (Phi) is 3.46. The maximum atomic E-state index is 12.7. The summed E-state index contributed by atoms with van der Waals surface area (Å²) in [6, 6.07) is 1.98. The number of hydrogen-bond acceptors (Lipinski definition) is 2. The summed E-state index contributed by atoms with van der Waals surface area (Å²) < 4.78 is 40.9. The predicted octanol–water partition coefficient (Wildman–Crippen LogP) is 2.71. The van der Waals surface area contributed by atoms with Crippen molar-refractivity contribution >= 4 is 17.3 Å². The summed E-state index contributed by atoms with van der Waals surface area (Å²) >= 11 is 5.40. The first-order valence-corrected chi connectivity index (χ1v) is 4.04. The summed E-state index contributed by atoms with van der Waals surface area (Å²) in [7, 11) is 0. The molecular formula is C8H7ClF3NO. The Morgan fingerprint density at radius 1 is 1.43 bits per heavy atom. The highest BCUT2D eigenvalue weighted by Crippen LogP contribution is 2.28. The topological polar surface area (TPSA) is 35.2 Å². The molecule has 0 aliphatic carbocycles. The van der Waals surface area contributed by atoms with Crippen LogP contribution in [0.15, 0.2) is 12.1 Å². The van der Waals surface area contributed by atoms with Crippen molar-refractivity contribution in [2.75, 3.05) is 12.3 Å². The van der Waals surface area contributed by atoms with E-state index in [2.05, 4.69) is 4.74 Å². The van der Waals surface area contributed by atoms with Crippen LogP contribution in [0.25, 0.3) is 0 Å². The van der Waals surface area contributed by atoms with Gasteiger partial charge < -0.3 is 10.5 Å². The summed E-state index contributed by atoms with van der Waals surface area (Å²) in [4.78, 5) is 0. The molecule has 0 heterocycles. The summed E-state index contributed by atoms with van der Waals surface area (Å²) in [5.41, 5.74) is 5.25. The monoisotopic (exact) mass is 225 g/mol. The first-order chi connectivity index (χ1) is 6.50. The smallest absolute Gasteiger partial charge is 0.272 e. The van der Waals surface area contributed by atoms with Gasteiger partial charge in [-0.1, -0.05) is 11.6 Å². The van der Waals surface area contributed by atoms with Gasteiger partial charge in [0.25, 0.3) is 6.43 Å². The molecule has 0 aliphatic heterocycles. The second-order valence-corrected chi connectivity index (χ2v) is 2.91. The third-order valence-corrected chi connectivity index (χ3v) is 1.71. The molecule has 78 valence electrons. The van der Waals surface area contributed by atoms with Crippen LogP contribution in [0, 0.1) is 5.82 Å². The van der Waals surface area contributed by atoms with Crippen LogP contribution in [0.5, 0.6) is 5.75 Å². The zero-order valence-electron chi connectivity index (χ0n) is 6.94. The fraction of sp³-hybridized carbons (Fsp3) is 0.250. The molecule has 0 amide bonds. The number of ether oxygens (including phenoxy) is 1. The van der Waals surface area contributed by atoms with E-state index in [4.69, 9.17) is 17.3 Å². The normalized spacial score (nSPS) is 10.6. The molecule has 0 saturated carbocycles. The van der Waals surface area contributed by atoms with Gasteiger partial charge in [-0.25, -0.2) is 13.2 Å². The van der Waals surface area contributed by atoms with Crippen molar-refractivity contribution in [2.45, 2.75) is 6.43 Å². The zero-order valence-corrected chi connectivity index (χ0v) is 7.69. The molecule has 6 heteroatoms. The van der Waals surface area contributed by atoms with Crippen LogP contribution in [0.2, 0.25) is 5.02 Å². The number of nitrogens with two attached hydrogens (primary N) is 1. The fourth-order valence-electron chi connectivity index (χ4n) is 0.822. The van der Waals surface area contributed by atoms with Gasteiger partial charge in [0.2, 0.25) is 0 Å². The molecule has 0 fully saturated rings. The van der Waals surface area contributed by atoms with Gasteiger partial charge in [-0.15, -0.1) is 0 Å². The molecule has 0 bridgehead atoms. The number of halogens is 4. The molecule has 0 spiro atoms. The average Bonchev–Trinajstić information content (AvgIpc) is 2.09. The van der Waals surface area contributed by atoms with Gasteiger partial charge in [0.05, 0.1) is 10.7 Å². The molecule has 0 saturated heterocycles. The first-order valence-electron chi connectivity index (χ1n) is 3.66.